The zero-order valence-corrected chi connectivity index (χ0v) is 18.2. The molecule has 0 saturated carbocycles. The van der Waals surface area contributed by atoms with Crippen LogP contribution in [0.25, 0.3) is 0 Å². The molecule has 0 bridgehead atoms. The molecule has 1 aliphatic heterocycles. The zero-order chi connectivity index (χ0) is 23.5. The minimum absolute atomic E-state index is 0.0418. The zero-order valence-electron chi connectivity index (χ0n) is 17.3. The summed E-state index contributed by atoms with van der Waals surface area (Å²) in [5, 5.41) is 35.3. The van der Waals surface area contributed by atoms with Gasteiger partial charge in [-0.2, -0.15) is 0 Å². The number of aryl methyl sites for hydroxylation is 1. The number of nitrogens with one attached hydrogen (secondary N) is 3. The molecule has 1 aliphatic rings. The topological polar surface area (TPSA) is 183 Å². The Bertz CT molecular complexity index is 1050. The third kappa shape index (κ3) is 5.49. The van der Waals surface area contributed by atoms with Gasteiger partial charge in [0.2, 0.25) is 11.9 Å². The van der Waals surface area contributed by atoms with Crippen molar-refractivity contribution in [2.24, 2.45) is 0 Å². The Morgan fingerprint density at radius 3 is 2.44 bits per heavy atom. The molecule has 32 heavy (non-hydrogen) atoms. The molecule has 1 saturated heterocycles. The Kier molecular flexibility index (Phi) is 7.26. The van der Waals surface area contributed by atoms with Crippen LogP contribution in [0.4, 0.5) is 11.6 Å². The lowest BCUT2D eigenvalue weighted by atomic mass is 9.96. The first-order chi connectivity index (χ1) is 15.1. The van der Waals surface area contributed by atoms with Gasteiger partial charge in [0, 0.05) is 24.5 Å². The number of anilines is 2. The fourth-order valence-corrected chi connectivity index (χ4v) is 4.16. The average Bonchev–Trinajstić information content (AvgIpc) is 2.73. The van der Waals surface area contributed by atoms with Gasteiger partial charge in [0.15, 0.2) is 6.23 Å². The van der Waals surface area contributed by atoms with E-state index in [1.165, 1.54) is 37.4 Å². The van der Waals surface area contributed by atoms with Crippen molar-refractivity contribution in [2.75, 3.05) is 16.6 Å². The number of aromatic nitrogens is 2. The summed E-state index contributed by atoms with van der Waals surface area (Å²) in [7, 11) is -3.93. The number of sulfonamides is 1. The molecule has 12 nitrogen and oxygen atoms in total. The largest absolute Gasteiger partial charge is 0.394 e. The van der Waals surface area contributed by atoms with E-state index >= 15 is 0 Å². The number of carbonyl (C=O) groups excluding carboxylic acids is 1. The molecular formula is C19H25N5O7S. The number of rotatable bonds is 7. The predicted octanol–water partition coefficient (Wildman–Crippen LogP) is -1.06. The summed E-state index contributed by atoms with van der Waals surface area (Å²) in [6.45, 7) is 2.41. The van der Waals surface area contributed by atoms with Crippen LogP contribution in [0.2, 0.25) is 0 Å². The molecule has 6 N–H and O–H groups in total. The second-order valence-electron chi connectivity index (χ2n) is 7.28. The number of nitrogens with zero attached hydrogens (tertiary/aromatic N) is 2. The van der Waals surface area contributed by atoms with E-state index in [9.17, 15) is 28.5 Å². The Morgan fingerprint density at radius 1 is 1.16 bits per heavy atom. The molecule has 1 amide bonds. The summed E-state index contributed by atoms with van der Waals surface area (Å²) in [6.07, 6.45) is -3.45. The summed E-state index contributed by atoms with van der Waals surface area (Å²) in [4.78, 5) is 19.4. The van der Waals surface area contributed by atoms with E-state index in [1.54, 1.807) is 13.0 Å². The van der Waals surface area contributed by atoms with Crippen LogP contribution in [-0.4, -0.2) is 76.8 Å². The van der Waals surface area contributed by atoms with Crippen LogP contribution in [-0.2, 0) is 19.6 Å². The first kappa shape index (κ1) is 23.8. The molecule has 3 rings (SSSR count). The molecule has 0 radical (unpaired) electrons. The highest BCUT2D eigenvalue weighted by Gasteiger charge is 2.44. The number of benzene rings is 1. The van der Waals surface area contributed by atoms with Gasteiger partial charge in [0.1, 0.15) is 24.4 Å². The van der Waals surface area contributed by atoms with Gasteiger partial charge in [0.25, 0.3) is 10.0 Å². The van der Waals surface area contributed by atoms with Crippen molar-refractivity contribution in [1.82, 2.24) is 15.3 Å². The first-order valence-electron chi connectivity index (χ1n) is 9.69. The van der Waals surface area contributed by atoms with Crippen LogP contribution >= 0.6 is 0 Å². The van der Waals surface area contributed by atoms with Gasteiger partial charge in [-0.1, -0.05) is 0 Å². The van der Waals surface area contributed by atoms with Crippen LogP contribution in [0.1, 0.15) is 12.6 Å². The minimum Gasteiger partial charge on any atom is -0.394 e. The number of amides is 1. The maximum Gasteiger partial charge on any atom is 0.264 e. The van der Waals surface area contributed by atoms with Crippen molar-refractivity contribution >= 4 is 27.6 Å². The third-order valence-electron chi connectivity index (χ3n) is 4.79. The van der Waals surface area contributed by atoms with Crippen LogP contribution < -0.4 is 15.4 Å². The fourth-order valence-electron chi connectivity index (χ4n) is 3.21. The first-order valence-corrected chi connectivity index (χ1v) is 11.2. The molecule has 1 fully saturated rings. The highest BCUT2D eigenvalue weighted by molar-refractivity contribution is 7.92. The van der Waals surface area contributed by atoms with Crippen molar-refractivity contribution in [1.29, 1.82) is 0 Å². The van der Waals surface area contributed by atoms with Crippen LogP contribution in [0.3, 0.4) is 0 Å². The number of hydrogen-bond acceptors (Lipinski definition) is 10. The number of carbonyl (C=O) groups is 1. The summed E-state index contributed by atoms with van der Waals surface area (Å²) in [5.74, 6) is -0.506. The number of aliphatic hydroxyl groups is 3. The number of ether oxygens (including phenoxy) is 1. The third-order valence-corrected chi connectivity index (χ3v) is 6.13. The Hall–Kier alpha value is -2.84. The SMILES string of the molecule is CC(=O)NC1C(Nc2ccc(S(=O)(=O)Nc3nccc(C)n3)cc2)OC(CO)C(O)C1O. The van der Waals surface area contributed by atoms with E-state index in [4.69, 9.17) is 4.74 Å². The highest BCUT2D eigenvalue weighted by atomic mass is 32.2. The predicted molar refractivity (Wildman–Crippen MR) is 113 cm³/mol. The normalized spacial score (nSPS) is 25.7. The molecular weight excluding hydrogens is 442 g/mol. The van der Waals surface area contributed by atoms with E-state index in [1.807, 2.05) is 0 Å². The lowest BCUT2D eigenvalue weighted by Crippen LogP contribution is -2.65. The van der Waals surface area contributed by atoms with Gasteiger partial charge in [-0.25, -0.2) is 23.1 Å². The minimum atomic E-state index is -3.93. The van der Waals surface area contributed by atoms with Gasteiger partial charge in [-0.05, 0) is 37.3 Å². The summed E-state index contributed by atoms with van der Waals surface area (Å²) < 4.78 is 33.0. The van der Waals surface area contributed by atoms with E-state index in [0.717, 1.165) is 0 Å². The monoisotopic (exact) mass is 467 g/mol. The summed E-state index contributed by atoms with van der Waals surface area (Å²) >= 11 is 0. The molecule has 13 heteroatoms. The number of hydrogen-bond donors (Lipinski definition) is 6. The van der Waals surface area contributed by atoms with Gasteiger partial charge in [-0.15, -0.1) is 0 Å². The molecule has 1 aromatic carbocycles. The van der Waals surface area contributed by atoms with Gasteiger partial charge in [0.05, 0.1) is 11.5 Å². The maximum absolute atomic E-state index is 12.6. The fraction of sp³-hybridized carbons (Fsp3) is 0.421. The lowest BCUT2D eigenvalue weighted by molar-refractivity contribution is -0.188. The molecule has 2 heterocycles. The van der Waals surface area contributed by atoms with Crippen LogP contribution in [0.15, 0.2) is 41.4 Å². The van der Waals surface area contributed by atoms with E-state index in [0.29, 0.717) is 11.4 Å². The molecule has 2 aromatic rings. The van der Waals surface area contributed by atoms with Gasteiger partial charge < -0.3 is 30.7 Å². The van der Waals surface area contributed by atoms with Crippen molar-refractivity contribution in [3.8, 4) is 0 Å². The summed E-state index contributed by atoms with van der Waals surface area (Å²) in [5.41, 5.74) is 1.02. The average molecular weight is 468 g/mol. The van der Waals surface area contributed by atoms with Gasteiger partial charge >= 0.3 is 0 Å². The lowest BCUT2D eigenvalue weighted by Gasteiger charge is -2.43. The molecule has 174 valence electrons. The van der Waals surface area contributed by atoms with Crippen molar-refractivity contribution in [3.63, 3.8) is 0 Å². The Labute approximate surface area is 184 Å². The molecule has 5 atom stereocenters. The molecule has 0 aliphatic carbocycles. The van der Waals surface area contributed by atoms with Crippen LogP contribution in [0.5, 0.6) is 0 Å². The smallest absolute Gasteiger partial charge is 0.264 e. The van der Waals surface area contributed by atoms with Gasteiger partial charge in [-0.3, -0.25) is 4.79 Å². The van der Waals surface area contributed by atoms with E-state index in [-0.39, 0.29) is 10.8 Å². The number of aliphatic hydroxyl groups excluding tert-OH is 3. The van der Waals surface area contributed by atoms with Crippen LogP contribution in [0, 0.1) is 6.92 Å². The standard InChI is InChI=1S/C19H25N5O7S/c1-10-7-8-20-19(21-10)24-32(29,30)13-5-3-12(4-6-13)23-18-15(22-11(2)26)17(28)16(27)14(9-25)31-18/h3-8,14-18,23,25,27-28H,9H2,1-2H3,(H,22,26)(H,20,21,24). The Balaban J connectivity index is 1.76. The van der Waals surface area contributed by atoms with Crippen molar-refractivity contribution < 1.29 is 33.3 Å². The maximum atomic E-state index is 12.6. The molecule has 5 unspecified atom stereocenters. The summed E-state index contributed by atoms with van der Waals surface area (Å²) in [6, 6.07) is 6.22. The quantitative estimate of drug-likeness (QED) is 0.293. The van der Waals surface area contributed by atoms with Crippen molar-refractivity contribution in [2.45, 2.75) is 49.3 Å². The Morgan fingerprint density at radius 2 is 1.84 bits per heavy atom. The second-order valence-corrected chi connectivity index (χ2v) is 8.96. The van der Waals surface area contributed by atoms with E-state index < -0.39 is 53.1 Å². The molecule has 0 spiro atoms. The highest BCUT2D eigenvalue weighted by Crippen LogP contribution is 2.24. The van der Waals surface area contributed by atoms with Crippen molar-refractivity contribution in [3.05, 3.63) is 42.2 Å². The molecule has 1 aromatic heterocycles. The van der Waals surface area contributed by atoms with E-state index in [2.05, 4.69) is 25.3 Å². The second kappa shape index (κ2) is 9.75.